The first-order valence-electron chi connectivity index (χ1n) is 7.20. The summed E-state index contributed by atoms with van der Waals surface area (Å²) in [6, 6.07) is 5.94. The lowest BCUT2D eigenvalue weighted by Crippen LogP contribution is -2.18. The molecular weight excluding hydrogens is 316 g/mol. The number of nitrogens with two attached hydrogens (primary N) is 1. The van der Waals surface area contributed by atoms with Crippen LogP contribution in [0.5, 0.6) is 0 Å². The second kappa shape index (κ2) is 8.42. The van der Waals surface area contributed by atoms with Gasteiger partial charge in [0.1, 0.15) is 0 Å². The predicted molar refractivity (Wildman–Crippen MR) is 88.7 cm³/mol. The van der Waals surface area contributed by atoms with E-state index in [0.29, 0.717) is 24.8 Å². The minimum absolute atomic E-state index is 0.0685. The van der Waals surface area contributed by atoms with E-state index in [9.17, 15) is 4.79 Å². The quantitative estimate of drug-likeness (QED) is 0.785. The van der Waals surface area contributed by atoms with Gasteiger partial charge in [0.15, 0.2) is 0 Å². The molecule has 3 N–H and O–H groups in total. The largest absolute Gasteiger partial charge is 0.330 e. The normalized spacial score (nSPS) is 12.5. The molecule has 112 valence electrons. The van der Waals surface area contributed by atoms with Crippen molar-refractivity contribution in [2.75, 3.05) is 11.9 Å². The van der Waals surface area contributed by atoms with E-state index in [1.54, 1.807) is 0 Å². The molecule has 1 unspecified atom stereocenters. The number of halogens is 1. The highest BCUT2D eigenvalue weighted by Gasteiger charge is 2.15. The van der Waals surface area contributed by atoms with Crippen molar-refractivity contribution in [2.45, 2.75) is 40.0 Å². The topological polar surface area (TPSA) is 55.1 Å². The SMILES string of the molecule is Cc1ccc(Br)c(NC(=O)CCC(CCN)C(C)C)c1. The predicted octanol–water partition coefficient (Wildman–Crippen LogP) is 4.10. The Kier molecular flexibility index (Phi) is 7.24. The molecule has 0 aromatic heterocycles. The minimum Gasteiger partial charge on any atom is -0.330 e. The zero-order chi connectivity index (χ0) is 15.1. The summed E-state index contributed by atoms with van der Waals surface area (Å²) >= 11 is 3.46. The highest BCUT2D eigenvalue weighted by molar-refractivity contribution is 9.10. The first-order chi connectivity index (χ1) is 9.43. The van der Waals surface area contributed by atoms with Crippen LogP contribution >= 0.6 is 15.9 Å². The number of amides is 1. The Bertz CT molecular complexity index is 446. The van der Waals surface area contributed by atoms with Gasteiger partial charge in [-0.25, -0.2) is 0 Å². The van der Waals surface area contributed by atoms with Gasteiger partial charge in [-0.2, -0.15) is 0 Å². The Morgan fingerprint density at radius 3 is 2.65 bits per heavy atom. The first kappa shape index (κ1) is 17.2. The number of nitrogens with one attached hydrogen (secondary N) is 1. The van der Waals surface area contributed by atoms with Crippen molar-refractivity contribution in [3.63, 3.8) is 0 Å². The van der Waals surface area contributed by atoms with Gasteiger partial charge in [0.05, 0.1) is 5.69 Å². The summed E-state index contributed by atoms with van der Waals surface area (Å²) in [5, 5.41) is 2.97. The van der Waals surface area contributed by atoms with Crippen LogP contribution in [-0.2, 0) is 4.79 Å². The summed E-state index contributed by atoms with van der Waals surface area (Å²) in [7, 11) is 0. The van der Waals surface area contributed by atoms with E-state index in [1.165, 1.54) is 0 Å². The van der Waals surface area contributed by atoms with Crippen LogP contribution in [0.4, 0.5) is 5.69 Å². The van der Waals surface area contributed by atoms with Crippen molar-refractivity contribution in [3.8, 4) is 0 Å². The van der Waals surface area contributed by atoms with Crippen LogP contribution in [0.25, 0.3) is 0 Å². The lowest BCUT2D eigenvalue weighted by Gasteiger charge is -2.19. The second-order valence-electron chi connectivity index (χ2n) is 5.65. The maximum Gasteiger partial charge on any atom is 0.224 e. The molecule has 20 heavy (non-hydrogen) atoms. The van der Waals surface area contributed by atoms with Crippen LogP contribution in [-0.4, -0.2) is 12.5 Å². The standard InChI is InChI=1S/C16H25BrN2O/c1-11(2)13(8-9-18)5-7-16(20)19-15-10-12(3)4-6-14(15)17/h4,6,10-11,13H,5,7-9,18H2,1-3H3,(H,19,20). The third-order valence-electron chi connectivity index (χ3n) is 3.62. The van der Waals surface area contributed by atoms with Gasteiger partial charge >= 0.3 is 0 Å². The molecule has 1 aromatic rings. The molecule has 1 aromatic carbocycles. The molecule has 0 aliphatic heterocycles. The number of carbonyl (C=O) groups excluding carboxylic acids is 1. The zero-order valence-corrected chi connectivity index (χ0v) is 14.2. The second-order valence-corrected chi connectivity index (χ2v) is 6.51. The average Bonchev–Trinajstić information content (AvgIpc) is 2.38. The van der Waals surface area contributed by atoms with Gasteiger partial charge in [-0.05, 0) is 71.8 Å². The molecule has 0 bridgehead atoms. The van der Waals surface area contributed by atoms with Gasteiger partial charge < -0.3 is 11.1 Å². The van der Waals surface area contributed by atoms with E-state index >= 15 is 0 Å². The van der Waals surface area contributed by atoms with E-state index in [0.717, 1.165) is 28.6 Å². The maximum absolute atomic E-state index is 12.0. The van der Waals surface area contributed by atoms with Crippen LogP contribution in [0.15, 0.2) is 22.7 Å². The summed E-state index contributed by atoms with van der Waals surface area (Å²) in [5.74, 6) is 1.16. The van der Waals surface area contributed by atoms with Crippen molar-refractivity contribution in [1.29, 1.82) is 0 Å². The fraction of sp³-hybridized carbons (Fsp3) is 0.562. The lowest BCUT2D eigenvalue weighted by molar-refractivity contribution is -0.116. The lowest BCUT2D eigenvalue weighted by atomic mass is 9.88. The first-order valence-corrected chi connectivity index (χ1v) is 7.99. The Morgan fingerprint density at radius 2 is 2.05 bits per heavy atom. The third kappa shape index (κ3) is 5.63. The highest BCUT2D eigenvalue weighted by atomic mass is 79.9. The van der Waals surface area contributed by atoms with Crippen molar-refractivity contribution < 1.29 is 4.79 Å². The number of anilines is 1. The molecule has 0 saturated heterocycles. The monoisotopic (exact) mass is 340 g/mol. The zero-order valence-electron chi connectivity index (χ0n) is 12.6. The van der Waals surface area contributed by atoms with E-state index in [2.05, 4.69) is 35.1 Å². The Hall–Kier alpha value is -0.870. The summed E-state index contributed by atoms with van der Waals surface area (Å²) in [6.45, 7) is 7.08. The van der Waals surface area contributed by atoms with E-state index in [4.69, 9.17) is 5.73 Å². The van der Waals surface area contributed by atoms with Crippen LogP contribution in [0.1, 0.15) is 38.7 Å². The van der Waals surface area contributed by atoms with Gasteiger partial charge in [0.2, 0.25) is 5.91 Å². The molecule has 0 aliphatic rings. The van der Waals surface area contributed by atoms with Crippen molar-refractivity contribution in [2.24, 2.45) is 17.6 Å². The summed E-state index contributed by atoms with van der Waals surface area (Å²) in [4.78, 5) is 12.0. The van der Waals surface area contributed by atoms with E-state index in [1.807, 2.05) is 25.1 Å². The smallest absolute Gasteiger partial charge is 0.224 e. The molecule has 1 amide bonds. The average molecular weight is 341 g/mol. The van der Waals surface area contributed by atoms with Gasteiger partial charge in [-0.1, -0.05) is 19.9 Å². The summed E-state index contributed by atoms with van der Waals surface area (Å²) < 4.78 is 0.916. The van der Waals surface area contributed by atoms with Crippen molar-refractivity contribution in [1.82, 2.24) is 0 Å². The number of hydrogen-bond acceptors (Lipinski definition) is 2. The molecule has 0 saturated carbocycles. The fourth-order valence-corrected chi connectivity index (χ4v) is 2.63. The van der Waals surface area contributed by atoms with Gasteiger partial charge in [-0.15, -0.1) is 0 Å². The van der Waals surface area contributed by atoms with Crippen LogP contribution in [0.2, 0.25) is 0 Å². The van der Waals surface area contributed by atoms with E-state index < -0.39 is 0 Å². The molecular formula is C16H25BrN2O. The molecule has 4 heteroatoms. The molecule has 1 atom stereocenters. The minimum atomic E-state index is 0.0685. The van der Waals surface area contributed by atoms with Crippen molar-refractivity contribution in [3.05, 3.63) is 28.2 Å². The molecule has 1 rings (SSSR count). The summed E-state index contributed by atoms with van der Waals surface area (Å²) in [6.07, 6.45) is 2.42. The Labute approximate surface area is 130 Å². The van der Waals surface area contributed by atoms with Crippen LogP contribution in [0, 0.1) is 18.8 Å². The molecule has 0 heterocycles. The summed E-state index contributed by atoms with van der Waals surface area (Å²) in [5.41, 5.74) is 7.60. The Morgan fingerprint density at radius 1 is 1.35 bits per heavy atom. The number of aryl methyl sites for hydroxylation is 1. The number of rotatable bonds is 7. The van der Waals surface area contributed by atoms with Crippen molar-refractivity contribution >= 4 is 27.5 Å². The van der Waals surface area contributed by atoms with Gasteiger partial charge in [0, 0.05) is 10.9 Å². The molecule has 0 aliphatic carbocycles. The number of benzene rings is 1. The fourth-order valence-electron chi connectivity index (χ4n) is 2.29. The Balaban J connectivity index is 2.53. The number of hydrogen-bond donors (Lipinski definition) is 2. The van der Waals surface area contributed by atoms with Gasteiger partial charge in [0.25, 0.3) is 0 Å². The molecule has 3 nitrogen and oxygen atoms in total. The van der Waals surface area contributed by atoms with E-state index in [-0.39, 0.29) is 5.91 Å². The maximum atomic E-state index is 12.0. The third-order valence-corrected chi connectivity index (χ3v) is 4.31. The number of carbonyl (C=O) groups is 1. The van der Waals surface area contributed by atoms with Gasteiger partial charge in [-0.3, -0.25) is 4.79 Å². The highest BCUT2D eigenvalue weighted by Crippen LogP contribution is 2.25. The van der Waals surface area contributed by atoms with Crippen LogP contribution in [0.3, 0.4) is 0 Å². The molecule has 0 spiro atoms. The molecule has 0 fully saturated rings. The molecule has 0 radical (unpaired) electrons. The van der Waals surface area contributed by atoms with Crippen LogP contribution < -0.4 is 11.1 Å².